The number of aliphatic hydroxyl groups is 2. The molecule has 0 heterocycles. The topological polar surface area (TPSA) is 291 Å². The molecule has 0 aliphatic heterocycles. The van der Waals surface area contributed by atoms with Crippen molar-refractivity contribution in [1.82, 2.24) is 0 Å². The molecule has 0 radical (unpaired) electrons. The molecule has 0 aliphatic carbocycles. The summed E-state index contributed by atoms with van der Waals surface area (Å²) >= 11 is 0. The zero-order valence-electron chi connectivity index (χ0n) is 49.8. The Morgan fingerprint density at radius 3 is 1.30 bits per heavy atom. The smallest absolute Gasteiger partial charge is 0.344 e. The Balaban J connectivity index is 1.38. The Labute approximate surface area is 507 Å². The van der Waals surface area contributed by atoms with Gasteiger partial charge in [0.1, 0.15) is 68.9 Å². The quantitative estimate of drug-likeness (QED) is 0.0264. The average Bonchev–Trinajstić information content (AvgIpc) is 3.75. The van der Waals surface area contributed by atoms with Crippen LogP contribution in [0.1, 0.15) is 65.0 Å². The number of rotatable bonds is 51. The van der Waals surface area contributed by atoms with Gasteiger partial charge < -0.3 is 86.0 Å². The summed E-state index contributed by atoms with van der Waals surface area (Å²) < 4.78 is 88.9. The normalized spacial score (nSPS) is 12.9. The predicted molar refractivity (Wildman–Crippen MR) is 311 cm³/mol. The molecule has 5 atom stereocenters. The first-order valence-electron chi connectivity index (χ1n) is 28.8. The molecule has 2 N–H and O–H groups in total. The van der Waals surface area contributed by atoms with Crippen LogP contribution >= 0.6 is 0 Å². The van der Waals surface area contributed by atoms with E-state index in [-0.39, 0.29) is 90.0 Å². The fourth-order valence-electron chi connectivity index (χ4n) is 7.33. The first kappa shape index (κ1) is 72.7. The second-order valence-corrected chi connectivity index (χ2v) is 19.2. The Kier molecular flexibility index (Phi) is 38.0. The highest BCUT2D eigenvalue weighted by Gasteiger charge is 2.24. The molecule has 4 rings (SSSR count). The van der Waals surface area contributed by atoms with E-state index in [1.165, 1.54) is 0 Å². The van der Waals surface area contributed by atoms with E-state index in [0.29, 0.717) is 60.9 Å². The maximum Gasteiger partial charge on any atom is 0.344 e. The highest BCUT2D eigenvalue weighted by atomic mass is 16.6. The zero-order chi connectivity index (χ0) is 62.5. The molecule has 4 aromatic rings. The van der Waals surface area contributed by atoms with Gasteiger partial charge in [-0.2, -0.15) is 0 Å². The van der Waals surface area contributed by atoms with E-state index in [2.05, 4.69) is 0 Å². The van der Waals surface area contributed by atoms with Crippen LogP contribution in [-0.4, -0.2) is 229 Å². The van der Waals surface area contributed by atoms with Crippen molar-refractivity contribution in [1.29, 1.82) is 0 Å². The van der Waals surface area contributed by atoms with Crippen molar-refractivity contribution in [2.75, 3.05) is 152 Å². The van der Waals surface area contributed by atoms with Crippen LogP contribution < -0.4 is 9.47 Å². The molecule has 87 heavy (non-hydrogen) atoms. The molecule has 0 amide bonds. The first-order valence-corrected chi connectivity index (χ1v) is 28.8. The third kappa shape index (κ3) is 33.2. The van der Waals surface area contributed by atoms with Crippen LogP contribution in [0.15, 0.2) is 109 Å². The number of carbonyl (C=O) groups excluding carboxylic acids is 6. The minimum absolute atomic E-state index is 0.0342. The summed E-state index contributed by atoms with van der Waals surface area (Å²) in [5, 5.41) is 21.4. The van der Waals surface area contributed by atoms with Crippen LogP contribution in [0.4, 0.5) is 0 Å². The van der Waals surface area contributed by atoms with Crippen LogP contribution in [0.2, 0.25) is 0 Å². The number of aliphatic hydroxyl groups excluding tert-OH is 2. The molecule has 4 aromatic carbocycles. The van der Waals surface area contributed by atoms with E-state index >= 15 is 0 Å². The number of carbonyl (C=O) groups is 6. The number of benzene rings is 4. The number of hydrogen-bond donors (Lipinski definition) is 2. The lowest BCUT2D eigenvalue weighted by molar-refractivity contribution is -0.172. The fourth-order valence-corrected chi connectivity index (χ4v) is 7.33. The molecule has 5 unspecified atom stereocenters. The molecule has 24 heteroatoms. The van der Waals surface area contributed by atoms with Crippen molar-refractivity contribution in [3.05, 3.63) is 131 Å². The standard InChI is InChI=1S/C63H84O24/c1-4-25-73-29-31-76-43-58(66)85-40-56(80-35-52(65)36-84-59(67)45-82-53-21-17-49(18-22-53)62(70)47-13-8-6-9-14-47)39-79-38-55(37-78-34-51(64)33-75-28-12-27-72-3)81-41-57(87-61(69)44-77-32-30-74-26-5-2)42-86-60(68)46-83-54-23-19-50(20-24-54)63(71)48-15-10-7-11-16-48/h6-11,13-24,51-52,55-57,64-65H,4-5,12,25-46H2,1-3H3. The summed E-state index contributed by atoms with van der Waals surface area (Å²) in [5.41, 5.74) is 1.88. The van der Waals surface area contributed by atoms with Crippen molar-refractivity contribution >= 4 is 35.4 Å². The molecule has 0 aliphatic rings. The van der Waals surface area contributed by atoms with E-state index in [1.807, 2.05) is 26.0 Å². The number of methoxy groups -OCH3 is 1. The lowest BCUT2D eigenvalue weighted by Crippen LogP contribution is -2.37. The summed E-state index contributed by atoms with van der Waals surface area (Å²) in [6.45, 7) is 1.62. The number of esters is 4. The maximum atomic E-state index is 13.0. The van der Waals surface area contributed by atoms with Gasteiger partial charge in [-0.25, -0.2) is 19.2 Å². The van der Waals surface area contributed by atoms with Crippen molar-refractivity contribution in [2.24, 2.45) is 0 Å². The highest BCUT2D eigenvalue weighted by Crippen LogP contribution is 2.18. The van der Waals surface area contributed by atoms with Crippen molar-refractivity contribution in [3.63, 3.8) is 0 Å². The van der Waals surface area contributed by atoms with Gasteiger partial charge in [-0.1, -0.05) is 74.5 Å². The largest absolute Gasteiger partial charge is 0.482 e. The van der Waals surface area contributed by atoms with Crippen LogP contribution in [0.5, 0.6) is 11.5 Å². The van der Waals surface area contributed by atoms with Gasteiger partial charge in [0.25, 0.3) is 0 Å². The van der Waals surface area contributed by atoms with E-state index in [9.17, 15) is 39.0 Å². The van der Waals surface area contributed by atoms with E-state index in [1.54, 1.807) is 104 Å². The lowest BCUT2D eigenvalue weighted by atomic mass is 10.0. The van der Waals surface area contributed by atoms with E-state index < -0.39 is 101 Å². The summed E-state index contributed by atoms with van der Waals surface area (Å²) in [7, 11) is 1.57. The average molecular weight is 1230 g/mol. The molecule has 0 saturated heterocycles. The van der Waals surface area contributed by atoms with Crippen LogP contribution in [0.3, 0.4) is 0 Å². The minimum Gasteiger partial charge on any atom is -0.482 e. The Bertz CT molecular complexity index is 2500. The van der Waals surface area contributed by atoms with E-state index in [4.69, 9.17) is 75.8 Å². The van der Waals surface area contributed by atoms with Crippen molar-refractivity contribution < 1.29 is 115 Å². The monoisotopic (exact) mass is 1220 g/mol. The van der Waals surface area contributed by atoms with Crippen molar-refractivity contribution in [3.8, 4) is 11.5 Å². The lowest BCUT2D eigenvalue weighted by Gasteiger charge is -2.24. The Morgan fingerprint density at radius 1 is 0.368 bits per heavy atom. The van der Waals surface area contributed by atoms with Gasteiger partial charge in [0.2, 0.25) is 0 Å². The molecule has 0 aromatic heterocycles. The SMILES string of the molecule is CCCOCCOCC(=O)OCC(COCC(COCC(O)COCCCOC)OCC(COC(=O)COc1ccc(C(=O)c2ccccc2)cc1)OC(=O)COCCOCCC)OCC(O)COC(=O)COc1ccc(C(=O)c2ccccc2)cc1. The van der Waals surface area contributed by atoms with Gasteiger partial charge in [-0.15, -0.1) is 0 Å². The molecule has 0 saturated carbocycles. The molecule has 480 valence electrons. The molecular formula is C63H84O24. The minimum atomic E-state index is -1.36. The first-order chi connectivity index (χ1) is 42.4. The van der Waals surface area contributed by atoms with Gasteiger partial charge in [0, 0.05) is 55.8 Å². The van der Waals surface area contributed by atoms with Gasteiger partial charge in [0.05, 0.1) is 72.7 Å². The number of ketones is 2. The third-order valence-corrected chi connectivity index (χ3v) is 11.7. The van der Waals surface area contributed by atoms with E-state index in [0.717, 1.165) is 12.8 Å². The maximum absolute atomic E-state index is 13.0. The second-order valence-electron chi connectivity index (χ2n) is 19.2. The summed E-state index contributed by atoms with van der Waals surface area (Å²) in [4.78, 5) is 77.0. The molecular weight excluding hydrogens is 1140 g/mol. The molecule has 0 bridgehead atoms. The Morgan fingerprint density at radius 2 is 0.782 bits per heavy atom. The number of hydrogen-bond acceptors (Lipinski definition) is 24. The molecule has 0 spiro atoms. The zero-order valence-corrected chi connectivity index (χ0v) is 49.8. The second kappa shape index (κ2) is 45.5. The van der Waals surface area contributed by atoms with Crippen LogP contribution in [0.25, 0.3) is 0 Å². The summed E-state index contributed by atoms with van der Waals surface area (Å²) in [6.07, 6.45) is -3.34. The van der Waals surface area contributed by atoms with Crippen LogP contribution in [-0.2, 0) is 85.5 Å². The van der Waals surface area contributed by atoms with Crippen LogP contribution in [0, 0.1) is 0 Å². The molecule has 24 nitrogen and oxygen atoms in total. The van der Waals surface area contributed by atoms with Crippen molar-refractivity contribution in [2.45, 2.75) is 63.6 Å². The van der Waals surface area contributed by atoms with Gasteiger partial charge in [-0.3, -0.25) is 9.59 Å². The fraction of sp³-hybridized carbons (Fsp3) is 0.524. The highest BCUT2D eigenvalue weighted by molar-refractivity contribution is 6.09. The summed E-state index contributed by atoms with van der Waals surface area (Å²) in [6, 6.07) is 30.0. The van der Waals surface area contributed by atoms with Gasteiger partial charge in [-0.05, 0) is 67.8 Å². The Hall–Kier alpha value is -6.78. The van der Waals surface area contributed by atoms with Gasteiger partial charge in [0.15, 0.2) is 30.9 Å². The third-order valence-electron chi connectivity index (χ3n) is 11.7. The number of ether oxygens (including phenoxy) is 16. The molecule has 0 fully saturated rings. The van der Waals surface area contributed by atoms with Gasteiger partial charge >= 0.3 is 23.9 Å². The summed E-state index contributed by atoms with van der Waals surface area (Å²) in [5.74, 6) is -2.92. The predicted octanol–water partition coefficient (Wildman–Crippen LogP) is 4.61.